The van der Waals surface area contributed by atoms with Crippen LogP contribution < -0.4 is 0 Å². The zero-order chi connectivity index (χ0) is 23.7. The van der Waals surface area contributed by atoms with Gasteiger partial charge in [-0.15, -0.1) is 0 Å². The molecule has 34 heavy (non-hydrogen) atoms. The molecule has 5 rings (SSSR count). The lowest BCUT2D eigenvalue weighted by Crippen LogP contribution is -2.45. The summed E-state index contributed by atoms with van der Waals surface area (Å²) in [5.41, 5.74) is 4.49. The van der Waals surface area contributed by atoms with Crippen LogP contribution in [-0.2, 0) is 4.79 Å². The Kier molecular flexibility index (Phi) is 7.10. The predicted octanol–water partition coefficient (Wildman–Crippen LogP) is 6.99. The van der Waals surface area contributed by atoms with Crippen molar-refractivity contribution < 1.29 is 4.79 Å². The Morgan fingerprint density at radius 1 is 1.00 bits per heavy atom. The molecule has 1 aliphatic carbocycles. The Bertz CT molecular complexity index is 1090. The Balaban J connectivity index is 1.48. The Hall–Kier alpha value is -2.14. The molecule has 6 heteroatoms. The number of hydrogen-bond acceptors (Lipinski definition) is 3. The number of hydrogen-bond donors (Lipinski definition) is 0. The van der Waals surface area contributed by atoms with E-state index in [4.69, 9.17) is 28.3 Å². The van der Waals surface area contributed by atoms with Gasteiger partial charge in [0.2, 0.25) is 0 Å². The van der Waals surface area contributed by atoms with E-state index in [9.17, 15) is 4.79 Å². The minimum Gasteiger partial charge on any atom is -0.292 e. The van der Waals surface area contributed by atoms with Crippen molar-refractivity contribution >= 4 is 40.9 Å². The molecular weight excluding hydrogens is 465 g/mol. The number of fused-ring (bicyclic) bond motifs is 1. The molecule has 2 aliphatic heterocycles. The highest BCUT2D eigenvalue weighted by atomic mass is 35.5. The second-order valence-electron chi connectivity index (χ2n) is 9.76. The molecule has 3 aliphatic rings. The number of piperidine rings is 1. The maximum Gasteiger partial charge on any atom is 0.257 e. The molecule has 2 aromatic rings. The monoisotopic (exact) mass is 495 g/mol. The van der Waals surface area contributed by atoms with E-state index in [1.54, 1.807) is 5.01 Å². The van der Waals surface area contributed by atoms with Gasteiger partial charge in [0.05, 0.1) is 18.3 Å². The Morgan fingerprint density at radius 2 is 1.71 bits per heavy atom. The van der Waals surface area contributed by atoms with Crippen LogP contribution >= 0.6 is 23.2 Å². The number of carbonyl (C=O) groups is 1. The molecule has 0 spiro atoms. The molecule has 0 N–H and O–H groups in total. The SMILES string of the molecule is CC1CCCCN1CC(=O)N1N=C2/C(=C\c3ccc(Cl)cc3)CCCC2C1c1ccc(Cl)cc1. The van der Waals surface area contributed by atoms with Gasteiger partial charge in [0.25, 0.3) is 5.91 Å². The molecule has 2 aromatic carbocycles. The van der Waals surface area contributed by atoms with Crippen molar-refractivity contribution in [2.24, 2.45) is 11.0 Å². The fourth-order valence-electron chi connectivity index (χ4n) is 5.60. The summed E-state index contributed by atoms with van der Waals surface area (Å²) in [5.74, 6) is 0.276. The van der Waals surface area contributed by atoms with Crippen molar-refractivity contribution in [3.63, 3.8) is 0 Å². The maximum absolute atomic E-state index is 13.7. The van der Waals surface area contributed by atoms with E-state index < -0.39 is 0 Å². The van der Waals surface area contributed by atoms with E-state index in [2.05, 4.69) is 17.9 Å². The van der Waals surface area contributed by atoms with Crippen LogP contribution in [0.4, 0.5) is 0 Å². The molecule has 3 atom stereocenters. The first-order valence-electron chi connectivity index (χ1n) is 12.4. The van der Waals surface area contributed by atoms with Gasteiger partial charge in [-0.05, 0) is 92.6 Å². The number of carbonyl (C=O) groups excluding carboxylic acids is 1. The van der Waals surface area contributed by atoms with Gasteiger partial charge in [-0.25, -0.2) is 5.01 Å². The van der Waals surface area contributed by atoms with Crippen LogP contribution in [-0.4, -0.2) is 40.7 Å². The van der Waals surface area contributed by atoms with Crippen molar-refractivity contribution in [2.75, 3.05) is 13.1 Å². The number of benzene rings is 2. The van der Waals surface area contributed by atoms with Crippen LogP contribution in [0.3, 0.4) is 0 Å². The fourth-order valence-corrected chi connectivity index (χ4v) is 5.85. The molecule has 178 valence electrons. The summed E-state index contributed by atoms with van der Waals surface area (Å²) in [4.78, 5) is 16.0. The third-order valence-electron chi connectivity index (χ3n) is 7.46. The number of likely N-dealkylation sites (tertiary alicyclic amines) is 1. The predicted molar refractivity (Wildman–Crippen MR) is 140 cm³/mol. The zero-order valence-corrected chi connectivity index (χ0v) is 21.1. The first-order valence-corrected chi connectivity index (χ1v) is 13.1. The van der Waals surface area contributed by atoms with Crippen molar-refractivity contribution in [2.45, 2.75) is 57.5 Å². The zero-order valence-electron chi connectivity index (χ0n) is 19.6. The van der Waals surface area contributed by atoms with Crippen molar-refractivity contribution in [3.8, 4) is 0 Å². The van der Waals surface area contributed by atoms with Gasteiger partial charge in [0.15, 0.2) is 0 Å². The Morgan fingerprint density at radius 3 is 2.41 bits per heavy atom. The van der Waals surface area contributed by atoms with Crippen LogP contribution in [0.2, 0.25) is 10.0 Å². The lowest BCUT2D eigenvalue weighted by Gasteiger charge is -2.35. The first kappa shape index (κ1) is 23.6. The third-order valence-corrected chi connectivity index (χ3v) is 7.96. The van der Waals surface area contributed by atoms with Crippen LogP contribution in [0.25, 0.3) is 6.08 Å². The topological polar surface area (TPSA) is 35.9 Å². The highest BCUT2D eigenvalue weighted by Gasteiger charge is 2.44. The summed E-state index contributed by atoms with van der Waals surface area (Å²) in [6.07, 6.45) is 8.83. The average molecular weight is 496 g/mol. The van der Waals surface area contributed by atoms with Crippen molar-refractivity contribution in [1.29, 1.82) is 0 Å². The molecule has 3 unspecified atom stereocenters. The molecule has 0 aromatic heterocycles. The van der Waals surface area contributed by atoms with Crippen LogP contribution in [0.15, 0.2) is 59.2 Å². The normalized spacial score (nSPS) is 26.4. The highest BCUT2D eigenvalue weighted by molar-refractivity contribution is 6.30. The molecule has 2 heterocycles. The summed E-state index contributed by atoms with van der Waals surface area (Å²) in [5, 5.41) is 8.24. The molecule has 0 radical (unpaired) electrons. The minimum atomic E-state index is -0.0891. The molecule has 4 nitrogen and oxygen atoms in total. The van der Waals surface area contributed by atoms with Crippen molar-refractivity contribution in [1.82, 2.24) is 9.91 Å². The fraction of sp³-hybridized carbons (Fsp3) is 0.429. The second kappa shape index (κ2) is 10.2. The van der Waals surface area contributed by atoms with E-state index >= 15 is 0 Å². The van der Waals surface area contributed by atoms with Gasteiger partial charge >= 0.3 is 0 Å². The van der Waals surface area contributed by atoms with E-state index in [1.165, 1.54) is 12.0 Å². The molecular formula is C28H31Cl2N3O. The van der Waals surface area contributed by atoms with Crippen LogP contribution in [0, 0.1) is 5.92 Å². The van der Waals surface area contributed by atoms with E-state index in [0.717, 1.165) is 60.5 Å². The van der Waals surface area contributed by atoms with Gasteiger partial charge in [-0.1, -0.05) is 53.9 Å². The minimum absolute atomic E-state index is 0.0847. The van der Waals surface area contributed by atoms with Crippen LogP contribution in [0.1, 0.15) is 62.6 Å². The molecule has 1 saturated carbocycles. The van der Waals surface area contributed by atoms with Crippen molar-refractivity contribution in [3.05, 3.63) is 75.3 Å². The van der Waals surface area contributed by atoms with Gasteiger partial charge in [-0.2, -0.15) is 5.10 Å². The standard InChI is InChI=1S/C28H31Cl2N3O/c1-19-5-2-3-16-32(19)18-26(34)33-28(21-10-14-24(30)15-11-21)25-7-4-6-22(27(25)31-33)17-20-8-12-23(29)13-9-20/h8-15,17,19,25,28H,2-7,16,18H2,1H3/b22-17-. The van der Waals surface area contributed by atoms with E-state index in [1.807, 2.05) is 48.5 Å². The summed E-state index contributed by atoms with van der Waals surface area (Å²) in [7, 11) is 0. The summed E-state index contributed by atoms with van der Waals surface area (Å²) < 4.78 is 0. The van der Waals surface area contributed by atoms with Gasteiger partial charge in [0, 0.05) is 22.0 Å². The lowest BCUT2D eigenvalue weighted by molar-refractivity contribution is -0.135. The average Bonchev–Trinajstić information content (AvgIpc) is 3.23. The first-order chi connectivity index (χ1) is 16.5. The number of allylic oxidation sites excluding steroid dienone is 1. The lowest BCUT2D eigenvalue weighted by atomic mass is 9.77. The summed E-state index contributed by atoms with van der Waals surface area (Å²) in [6.45, 7) is 3.63. The number of amides is 1. The maximum atomic E-state index is 13.7. The summed E-state index contributed by atoms with van der Waals surface area (Å²) in [6, 6.07) is 16.2. The second-order valence-corrected chi connectivity index (χ2v) is 10.6. The van der Waals surface area contributed by atoms with Gasteiger partial charge in [0.1, 0.15) is 0 Å². The smallest absolute Gasteiger partial charge is 0.257 e. The number of rotatable bonds is 4. The molecule has 1 amide bonds. The third kappa shape index (κ3) is 4.95. The molecule has 2 fully saturated rings. The number of hydrazone groups is 1. The number of halogens is 2. The number of nitrogens with zero attached hydrogens (tertiary/aromatic N) is 3. The van der Waals surface area contributed by atoms with Gasteiger partial charge < -0.3 is 0 Å². The highest BCUT2D eigenvalue weighted by Crippen LogP contribution is 2.44. The molecule has 0 bridgehead atoms. The van der Waals surface area contributed by atoms with E-state index in [-0.39, 0.29) is 17.9 Å². The van der Waals surface area contributed by atoms with E-state index in [0.29, 0.717) is 17.6 Å². The largest absolute Gasteiger partial charge is 0.292 e. The van der Waals surface area contributed by atoms with Gasteiger partial charge in [-0.3, -0.25) is 9.69 Å². The Labute approximate surface area is 212 Å². The van der Waals surface area contributed by atoms with Crippen LogP contribution in [0.5, 0.6) is 0 Å². The molecule has 1 saturated heterocycles. The summed E-state index contributed by atoms with van der Waals surface area (Å²) >= 11 is 12.3. The quantitative estimate of drug-likeness (QED) is 0.457.